The van der Waals surface area contributed by atoms with E-state index in [1.165, 1.54) is 0 Å². The van der Waals surface area contributed by atoms with Crippen LogP contribution in [0.3, 0.4) is 0 Å². The van der Waals surface area contributed by atoms with Gasteiger partial charge in [-0.1, -0.05) is 44.0 Å². The minimum Gasteiger partial charge on any atom is -0.341 e. The summed E-state index contributed by atoms with van der Waals surface area (Å²) in [5.41, 5.74) is 1.07. The first kappa shape index (κ1) is 14.9. The zero-order valence-corrected chi connectivity index (χ0v) is 14.8. The molecule has 0 bridgehead atoms. The average molecular weight is 429 g/mol. The van der Waals surface area contributed by atoms with Gasteiger partial charge in [0.05, 0.1) is 5.54 Å². The third-order valence-corrected chi connectivity index (χ3v) is 5.78. The highest BCUT2D eigenvalue weighted by Gasteiger charge is 2.46. The molecule has 3 nitrogen and oxygen atoms in total. The van der Waals surface area contributed by atoms with Crippen molar-refractivity contribution in [3.63, 3.8) is 0 Å². The van der Waals surface area contributed by atoms with Crippen molar-refractivity contribution in [3.8, 4) is 0 Å². The fourth-order valence-corrected chi connectivity index (χ4v) is 3.84. The molecule has 2 heterocycles. The molecule has 2 atom stereocenters. The Labute approximate surface area is 143 Å². The lowest BCUT2D eigenvalue weighted by atomic mass is 9.77. The summed E-state index contributed by atoms with van der Waals surface area (Å²) in [4.78, 5) is 23.6. The maximum atomic E-state index is 12.2. The fraction of sp³-hybridized carbons (Fsp3) is 0.200. The van der Waals surface area contributed by atoms with E-state index in [-0.39, 0.29) is 18.1 Å². The summed E-state index contributed by atoms with van der Waals surface area (Å²) in [5, 5.41) is 6.96. The smallest absolute Gasteiger partial charge is 0.242 e. The molecule has 1 aromatic heterocycles. The molecule has 1 saturated heterocycles. The topological polar surface area (TPSA) is 46.2 Å². The van der Waals surface area contributed by atoms with Crippen LogP contribution in [0.4, 0.5) is 0 Å². The maximum absolute atomic E-state index is 12.2. The van der Waals surface area contributed by atoms with E-state index in [4.69, 9.17) is 0 Å². The highest BCUT2D eigenvalue weighted by molar-refractivity contribution is 9.10. The summed E-state index contributed by atoms with van der Waals surface area (Å²) in [5.74, 6) is -0.395. The number of ketones is 1. The molecular formula is C15H11Br2NO2S. The van der Waals surface area contributed by atoms with Crippen molar-refractivity contribution in [1.82, 2.24) is 5.32 Å². The van der Waals surface area contributed by atoms with Crippen LogP contribution in [0.1, 0.15) is 17.5 Å². The number of Topliss-reactive ketones (excluding diaryl/α,β-unsaturated/α-hetero) is 1. The van der Waals surface area contributed by atoms with E-state index in [1.807, 2.05) is 41.1 Å². The van der Waals surface area contributed by atoms with E-state index in [0.29, 0.717) is 0 Å². The van der Waals surface area contributed by atoms with Crippen LogP contribution in [0.15, 0.2) is 45.6 Å². The van der Waals surface area contributed by atoms with Gasteiger partial charge in [0.2, 0.25) is 5.91 Å². The molecule has 1 amide bonds. The number of carbonyl (C=O) groups excluding carboxylic acids is 2. The van der Waals surface area contributed by atoms with E-state index in [9.17, 15) is 9.59 Å². The van der Waals surface area contributed by atoms with E-state index in [1.54, 1.807) is 11.3 Å². The van der Waals surface area contributed by atoms with E-state index in [0.717, 1.165) is 15.6 Å². The summed E-state index contributed by atoms with van der Waals surface area (Å²) in [6, 6.07) is 9.66. The van der Waals surface area contributed by atoms with Crippen molar-refractivity contribution in [2.45, 2.75) is 16.8 Å². The Morgan fingerprint density at radius 3 is 2.43 bits per heavy atom. The lowest BCUT2D eigenvalue weighted by Gasteiger charge is -2.39. The lowest BCUT2D eigenvalue weighted by Crippen LogP contribution is -2.57. The average Bonchev–Trinajstić information content (AvgIpc) is 2.99. The van der Waals surface area contributed by atoms with Crippen LogP contribution >= 0.6 is 43.2 Å². The number of amides is 1. The van der Waals surface area contributed by atoms with Crippen LogP contribution < -0.4 is 5.32 Å². The van der Waals surface area contributed by atoms with Crippen LogP contribution in [0.25, 0.3) is 0 Å². The highest BCUT2D eigenvalue weighted by Crippen LogP contribution is 2.38. The summed E-state index contributed by atoms with van der Waals surface area (Å²) in [6.07, 6.45) is 0.243. The second kappa shape index (κ2) is 5.66. The Balaban J connectivity index is 2.15. The van der Waals surface area contributed by atoms with Gasteiger partial charge in [-0.3, -0.25) is 9.59 Å². The predicted octanol–water partition coefficient (Wildman–Crippen LogP) is 3.61. The molecule has 1 N–H and O–H groups in total. The van der Waals surface area contributed by atoms with Crippen molar-refractivity contribution in [3.05, 3.63) is 56.7 Å². The molecule has 0 radical (unpaired) electrons. The molecular weight excluding hydrogens is 418 g/mol. The van der Waals surface area contributed by atoms with E-state index < -0.39 is 10.4 Å². The van der Waals surface area contributed by atoms with Crippen molar-refractivity contribution < 1.29 is 9.59 Å². The number of alkyl halides is 1. The molecule has 0 aliphatic carbocycles. The molecule has 1 aliphatic rings. The summed E-state index contributed by atoms with van der Waals surface area (Å²) < 4.78 is 0.957. The molecule has 1 aromatic carbocycles. The second-order valence-electron chi connectivity index (χ2n) is 4.92. The SMILES string of the molecule is O=C1CC(c2ccc(Br)cc2)(c2ccsc2)NC(=O)C1Br. The molecule has 0 spiro atoms. The van der Waals surface area contributed by atoms with E-state index in [2.05, 4.69) is 37.2 Å². The third-order valence-electron chi connectivity index (χ3n) is 3.64. The molecule has 2 aromatic rings. The predicted molar refractivity (Wildman–Crippen MR) is 89.7 cm³/mol. The van der Waals surface area contributed by atoms with Gasteiger partial charge in [0.15, 0.2) is 10.6 Å². The maximum Gasteiger partial charge on any atom is 0.242 e. The van der Waals surface area contributed by atoms with Crippen molar-refractivity contribution in [2.75, 3.05) is 0 Å². The zero-order chi connectivity index (χ0) is 15.0. The van der Waals surface area contributed by atoms with Gasteiger partial charge in [0.25, 0.3) is 0 Å². The van der Waals surface area contributed by atoms with Gasteiger partial charge in [0, 0.05) is 10.9 Å². The Kier molecular flexibility index (Phi) is 4.03. The number of nitrogens with one attached hydrogen (secondary N) is 1. The third kappa shape index (κ3) is 2.60. The Morgan fingerprint density at radius 2 is 1.86 bits per heavy atom. The Bertz CT molecular complexity index is 664. The first-order valence-electron chi connectivity index (χ1n) is 6.30. The van der Waals surface area contributed by atoms with Gasteiger partial charge in [0.1, 0.15) is 0 Å². The van der Waals surface area contributed by atoms with Crippen LogP contribution in [-0.4, -0.2) is 16.5 Å². The highest BCUT2D eigenvalue weighted by atomic mass is 79.9. The number of piperidine rings is 1. The number of carbonyl (C=O) groups is 2. The van der Waals surface area contributed by atoms with Gasteiger partial charge in [-0.25, -0.2) is 0 Å². The number of halogens is 2. The second-order valence-corrected chi connectivity index (χ2v) is 7.53. The largest absolute Gasteiger partial charge is 0.341 e. The molecule has 6 heteroatoms. The van der Waals surface area contributed by atoms with E-state index >= 15 is 0 Å². The standard InChI is InChI=1S/C15H11Br2NO2S/c16-11-3-1-9(2-4-11)15(10-5-6-21-8-10)7-12(19)13(17)14(20)18-15/h1-6,8,13H,7H2,(H,18,20). The van der Waals surface area contributed by atoms with Gasteiger partial charge in [-0.05, 0) is 40.1 Å². The first-order chi connectivity index (χ1) is 10.0. The van der Waals surface area contributed by atoms with Gasteiger partial charge in [-0.2, -0.15) is 11.3 Å². The molecule has 1 fully saturated rings. The van der Waals surface area contributed by atoms with Crippen molar-refractivity contribution in [1.29, 1.82) is 0 Å². The number of rotatable bonds is 2. The first-order valence-corrected chi connectivity index (χ1v) is 8.95. The molecule has 1 aliphatic heterocycles. The normalized spacial score (nSPS) is 25.7. The number of hydrogen-bond donors (Lipinski definition) is 1. The van der Waals surface area contributed by atoms with Crippen LogP contribution in [0.5, 0.6) is 0 Å². The van der Waals surface area contributed by atoms with Crippen molar-refractivity contribution in [2.24, 2.45) is 0 Å². The van der Waals surface area contributed by atoms with Gasteiger partial charge >= 0.3 is 0 Å². The molecule has 0 saturated carbocycles. The Morgan fingerprint density at radius 1 is 1.14 bits per heavy atom. The minimum atomic E-state index is -0.779. The lowest BCUT2D eigenvalue weighted by molar-refractivity contribution is -0.132. The van der Waals surface area contributed by atoms with Gasteiger partial charge in [-0.15, -0.1) is 0 Å². The quantitative estimate of drug-likeness (QED) is 0.586. The summed E-state index contributed by atoms with van der Waals surface area (Å²) in [6.45, 7) is 0. The number of hydrogen-bond acceptors (Lipinski definition) is 3. The monoisotopic (exact) mass is 427 g/mol. The Hall–Kier alpha value is -0.980. The summed E-state index contributed by atoms with van der Waals surface area (Å²) in [7, 11) is 0. The molecule has 3 rings (SSSR count). The minimum absolute atomic E-state index is 0.104. The zero-order valence-electron chi connectivity index (χ0n) is 10.8. The molecule has 2 unspecified atom stereocenters. The van der Waals surface area contributed by atoms with Crippen molar-refractivity contribution >= 4 is 54.9 Å². The molecule has 108 valence electrons. The summed E-state index contributed by atoms with van der Waals surface area (Å²) >= 11 is 8.11. The fourth-order valence-electron chi connectivity index (χ4n) is 2.57. The van der Waals surface area contributed by atoms with Crippen LogP contribution in [0.2, 0.25) is 0 Å². The molecule has 21 heavy (non-hydrogen) atoms. The number of thiophene rings is 1. The number of benzene rings is 1. The van der Waals surface area contributed by atoms with Crippen LogP contribution in [0, 0.1) is 0 Å². The van der Waals surface area contributed by atoms with Gasteiger partial charge < -0.3 is 5.32 Å². The van der Waals surface area contributed by atoms with Crippen LogP contribution in [-0.2, 0) is 15.1 Å².